The molecule has 3 amide bonds. The van der Waals surface area contributed by atoms with E-state index < -0.39 is 27.5 Å². The molecule has 6 rings (SSSR count). The summed E-state index contributed by atoms with van der Waals surface area (Å²) in [5.41, 5.74) is -1.80. The number of nitriles is 1. The second-order valence-electron chi connectivity index (χ2n) is 12.6. The fourth-order valence-electron chi connectivity index (χ4n) is 7.29. The molecule has 1 aromatic heterocycles. The monoisotopic (exact) mass is 717 g/mol. The quantitative estimate of drug-likeness (QED) is 0.329. The largest absolute Gasteiger partial charge is 0.497 e. The summed E-state index contributed by atoms with van der Waals surface area (Å²) in [6, 6.07) is 13.5. The molecular formula is C36H43N7O7S. The van der Waals surface area contributed by atoms with E-state index in [2.05, 4.69) is 33.1 Å². The number of hydrogen-bond acceptors (Lipinski definition) is 11. The van der Waals surface area contributed by atoms with Gasteiger partial charge in [-0.3, -0.25) is 9.69 Å². The Morgan fingerprint density at radius 2 is 1.75 bits per heavy atom. The Kier molecular flexibility index (Phi) is 10.4. The molecule has 0 spiro atoms. The number of amides is 3. The summed E-state index contributed by atoms with van der Waals surface area (Å²) in [5.74, 6) is -0.656. The Bertz CT molecular complexity index is 1940. The van der Waals surface area contributed by atoms with E-state index in [-0.39, 0.29) is 45.5 Å². The van der Waals surface area contributed by atoms with Crippen LogP contribution in [-0.4, -0.2) is 113 Å². The number of methoxy groups -OCH3 is 2. The molecule has 0 bridgehead atoms. The van der Waals surface area contributed by atoms with E-state index >= 15 is 4.79 Å². The number of piperidine rings is 1. The molecule has 1 unspecified atom stereocenters. The number of anilines is 1. The number of likely N-dealkylation sites (tertiary alicyclic amines) is 1. The number of nitrogens with one attached hydrogen (secondary N) is 1. The van der Waals surface area contributed by atoms with Crippen LogP contribution in [0.15, 0.2) is 59.6 Å². The van der Waals surface area contributed by atoms with E-state index in [1.165, 1.54) is 56.8 Å². The number of pyridine rings is 1. The van der Waals surface area contributed by atoms with Crippen molar-refractivity contribution in [3.05, 3.63) is 71.4 Å². The Morgan fingerprint density at radius 3 is 2.39 bits per heavy atom. The van der Waals surface area contributed by atoms with E-state index in [0.29, 0.717) is 42.3 Å². The third-order valence-electron chi connectivity index (χ3n) is 10.0. The SMILES string of the molecule is CCOc1ncccc1C1(NC(=O)N2CCN(C3CCN(CC)CC3)CC2)C(=O)N(S(=O)(=O)c2ccc(OC)cc2OC)c2ccc(C#N)cc21. The summed E-state index contributed by atoms with van der Waals surface area (Å²) in [4.78, 5) is 40.1. The smallest absolute Gasteiger partial charge is 0.318 e. The molecule has 2 saturated heterocycles. The standard InChI is InChI=1S/C36H43N7O7S/c1-5-40-16-13-26(14-17-40)41-18-20-42(21-19-41)35(45)39-36(28-8-7-15-38-33(28)50-6-2)29-22-25(24-37)9-11-30(29)43(34(36)44)51(46,47)32-12-10-27(48-3)23-31(32)49-4/h7-12,15,22-23,26H,5-6,13-14,16-21H2,1-4H3,(H,39,45). The van der Waals surface area contributed by atoms with Gasteiger partial charge in [-0.2, -0.15) is 9.57 Å². The molecule has 3 aliphatic heterocycles. The van der Waals surface area contributed by atoms with Crippen LogP contribution in [-0.2, 0) is 20.4 Å². The van der Waals surface area contributed by atoms with Crippen LogP contribution in [0.4, 0.5) is 10.5 Å². The van der Waals surface area contributed by atoms with E-state index in [1.807, 2.05) is 0 Å². The van der Waals surface area contributed by atoms with Gasteiger partial charge in [-0.25, -0.2) is 18.2 Å². The molecule has 4 heterocycles. The molecule has 3 aromatic rings. The first-order valence-corrected chi connectivity index (χ1v) is 18.5. The third-order valence-corrected chi connectivity index (χ3v) is 11.8. The van der Waals surface area contributed by atoms with Gasteiger partial charge in [0.05, 0.1) is 43.7 Å². The number of sulfonamides is 1. The minimum Gasteiger partial charge on any atom is -0.497 e. The lowest BCUT2D eigenvalue weighted by Gasteiger charge is -2.43. The van der Waals surface area contributed by atoms with E-state index in [9.17, 15) is 18.5 Å². The number of benzene rings is 2. The van der Waals surface area contributed by atoms with Crippen molar-refractivity contribution in [1.29, 1.82) is 5.26 Å². The first kappa shape index (κ1) is 35.9. The molecule has 2 fully saturated rings. The minimum absolute atomic E-state index is 0.0338. The summed E-state index contributed by atoms with van der Waals surface area (Å²) >= 11 is 0. The summed E-state index contributed by atoms with van der Waals surface area (Å²) in [6.45, 7) is 9.37. The first-order chi connectivity index (χ1) is 24.6. The van der Waals surface area contributed by atoms with Crippen LogP contribution in [0.3, 0.4) is 0 Å². The van der Waals surface area contributed by atoms with Gasteiger partial charge >= 0.3 is 6.03 Å². The fraction of sp³-hybridized carbons (Fsp3) is 0.444. The highest BCUT2D eigenvalue weighted by atomic mass is 32.2. The van der Waals surface area contributed by atoms with Crippen LogP contribution in [0, 0.1) is 11.3 Å². The first-order valence-electron chi connectivity index (χ1n) is 17.1. The molecule has 15 heteroatoms. The lowest BCUT2D eigenvalue weighted by molar-refractivity contribution is -0.121. The van der Waals surface area contributed by atoms with Gasteiger partial charge in [0.2, 0.25) is 5.88 Å². The Hall–Kier alpha value is -4.91. The number of aromatic nitrogens is 1. The highest BCUT2D eigenvalue weighted by Crippen LogP contribution is 2.50. The van der Waals surface area contributed by atoms with Gasteiger partial charge in [0.15, 0.2) is 5.54 Å². The third kappa shape index (κ3) is 6.43. The molecular weight excluding hydrogens is 675 g/mol. The normalized spacial score (nSPS) is 20.1. The summed E-state index contributed by atoms with van der Waals surface area (Å²) < 4.78 is 46.5. The van der Waals surface area contributed by atoms with Crippen LogP contribution in [0.5, 0.6) is 17.4 Å². The highest BCUT2D eigenvalue weighted by Gasteiger charge is 2.59. The number of fused-ring (bicyclic) bond motifs is 1. The van der Waals surface area contributed by atoms with Gasteiger partial charge in [-0.15, -0.1) is 0 Å². The van der Waals surface area contributed by atoms with Gasteiger partial charge in [0.1, 0.15) is 16.4 Å². The topological polar surface area (TPSA) is 158 Å². The lowest BCUT2D eigenvalue weighted by Crippen LogP contribution is -2.61. The maximum atomic E-state index is 15.2. The van der Waals surface area contributed by atoms with Crippen LogP contribution in [0.2, 0.25) is 0 Å². The average molecular weight is 718 g/mol. The number of carbonyl (C=O) groups excluding carboxylic acids is 2. The predicted octanol–water partition coefficient (Wildman–Crippen LogP) is 3.16. The zero-order valence-electron chi connectivity index (χ0n) is 29.3. The number of nitrogens with zero attached hydrogens (tertiary/aromatic N) is 6. The highest BCUT2D eigenvalue weighted by molar-refractivity contribution is 7.93. The van der Waals surface area contributed by atoms with Crippen molar-refractivity contribution in [3.8, 4) is 23.4 Å². The van der Waals surface area contributed by atoms with Crippen LogP contribution in [0.25, 0.3) is 0 Å². The zero-order valence-corrected chi connectivity index (χ0v) is 30.1. The van der Waals surface area contributed by atoms with Crippen molar-refractivity contribution in [1.82, 2.24) is 25.0 Å². The van der Waals surface area contributed by atoms with E-state index in [0.717, 1.165) is 32.5 Å². The Balaban J connectivity index is 1.43. The summed E-state index contributed by atoms with van der Waals surface area (Å²) in [5, 5.41) is 12.9. The van der Waals surface area contributed by atoms with Crippen molar-refractivity contribution in [2.75, 3.05) is 70.9 Å². The molecule has 1 N–H and O–H groups in total. The second kappa shape index (κ2) is 14.7. The van der Waals surface area contributed by atoms with Crippen LogP contribution < -0.4 is 23.8 Å². The molecule has 2 aromatic carbocycles. The number of carbonyl (C=O) groups is 2. The van der Waals surface area contributed by atoms with Gasteiger partial charge in [-0.05, 0) is 81.9 Å². The van der Waals surface area contributed by atoms with E-state index in [4.69, 9.17) is 14.2 Å². The number of hydrogen-bond donors (Lipinski definition) is 1. The Labute approximate surface area is 298 Å². The number of piperazine rings is 1. The molecule has 1 atom stereocenters. The van der Waals surface area contributed by atoms with Gasteiger partial charge < -0.3 is 29.3 Å². The lowest BCUT2D eigenvalue weighted by atomic mass is 9.83. The van der Waals surface area contributed by atoms with Crippen molar-refractivity contribution < 1.29 is 32.2 Å². The summed E-state index contributed by atoms with van der Waals surface area (Å²) in [6.07, 6.45) is 3.62. The van der Waals surface area contributed by atoms with Crippen molar-refractivity contribution >= 4 is 27.6 Å². The minimum atomic E-state index is -4.70. The molecule has 270 valence electrons. The Morgan fingerprint density at radius 1 is 1.00 bits per heavy atom. The van der Waals surface area contributed by atoms with Crippen molar-refractivity contribution in [3.63, 3.8) is 0 Å². The number of urea groups is 1. The zero-order chi connectivity index (χ0) is 36.3. The van der Waals surface area contributed by atoms with Gasteiger partial charge in [-0.1, -0.05) is 6.92 Å². The maximum Gasteiger partial charge on any atom is 0.318 e. The molecule has 51 heavy (non-hydrogen) atoms. The molecule has 0 saturated carbocycles. The van der Waals surface area contributed by atoms with Crippen LogP contribution in [0.1, 0.15) is 43.4 Å². The fourth-order valence-corrected chi connectivity index (χ4v) is 8.90. The molecule has 3 aliphatic rings. The molecule has 0 aliphatic carbocycles. The number of rotatable bonds is 10. The second-order valence-corrected chi connectivity index (χ2v) is 14.3. The van der Waals surface area contributed by atoms with E-state index in [1.54, 1.807) is 24.0 Å². The van der Waals surface area contributed by atoms with Crippen LogP contribution >= 0.6 is 0 Å². The number of ether oxygens (including phenoxy) is 3. The van der Waals surface area contributed by atoms with Crippen molar-refractivity contribution in [2.45, 2.75) is 43.2 Å². The summed E-state index contributed by atoms with van der Waals surface area (Å²) in [7, 11) is -1.94. The predicted molar refractivity (Wildman–Crippen MR) is 188 cm³/mol. The van der Waals surface area contributed by atoms with Gasteiger partial charge in [0.25, 0.3) is 15.9 Å². The molecule has 14 nitrogen and oxygen atoms in total. The molecule has 0 radical (unpaired) electrons. The average Bonchev–Trinajstić information content (AvgIpc) is 3.42. The maximum absolute atomic E-state index is 15.2. The van der Waals surface area contributed by atoms with Gasteiger partial charge in [0, 0.05) is 50.0 Å². The van der Waals surface area contributed by atoms with Crippen molar-refractivity contribution in [2.24, 2.45) is 0 Å².